The summed E-state index contributed by atoms with van der Waals surface area (Å²) < 4.78 is 8.52. The van der Waals surface area contributed by atoms with E-state index < -0.39 is 7.92 Å². The Bertz CT molecular complexity index is 1870. The predicted molar refractivity (Wildman–Crippen MR) is 190 cm³/mol. The summed E-state index contributed by atoms with van der Waals surface area (Å²) in [4.78, 5) is 23.7. The summed E-state index contributed by atoms with van der Waals surface area (Å²) in [6.07, 6.45) is 9.17. The van der Waals surface area contributed by atoms with Gasteiger partial charge in [-0.25, -0.2) is 4.98 Å². The Morgan fingerprint density at radius 2 is 1.78 bits per heavy atom. The summed E-state index contributed by atoms with van der Waals surface area (Å²) in [5.41, 5.74) is 6.74. The number of anilines is 5. The number of methoxy groups -OCH3 is 1. The first kappa shape index (κ1) is 30.7. The highest BCUT2D eigenvalue weighted by molar-refractivity contribution is 9.10. The van der Waals surface area contributed by atoms with Gasteiger partial charge >= 0.3 is 0 Å². The number of ether oxygens (including phenoxy) is 1. The average Bonchev–Trinajstić information content (AvgIpc) is 3.47. The van der Waals surface area contributed by atoms with Gasteiger partial charge < -0.3 is 25.6 Å². The van der Waals surface area contributed by atoms with Gasteiger partial charge in [-0.1, -0.05) is 7.92 Å². The van der Waals surface area contributed by atoms with Gasteiger partial charge in [-0.15, -0.1) is 0 Å². The number of aryl methyl sites for hydroxylation is 1. The molecule has 0 amide bonds. The Kier molecular flexibility index (Phi) is 8.74. The lowest BCUT2D eigenvalue weighted by Crippen LogP contribution is -2.61. The van der Waals surface area contributed by atoms with Crippen LogP contribution in [0.15, 0.2) is 59.7 Å². The van der Waals surface area contributed by atoms with Gasteiger partial charge in [-0.05, 0) is 47.5 Å². The first-order chi connectivity index (χ1) is 22.4. The maximum atomic E-state index is 5.94. The lowest BCUT2D eigenvalue weighted by atomic mass is 10.0. The third-order valence-electron chi connectivity index (χ3n) is 8.57. The fourth-order valence-electron chi connectivity index (χ4n) is 6.09. The van der Waals surface area contributed by atoms with Crippen LogP contribution in [0.2, 0.25) is 0 Å². The summed E-state index contributed by atoms with van der Waals surface area (Å²) in [6.45, 7) is 10.6. The van der Waals surface area contributed by atoms with Gasteiger partial charge in [0.25, 0.3) is 0 Å². The summed E-state index contributed by atoms with van der Waals surface area (Å²) in [6, 6.07) is 8.92. The molecule has 2 aliphatic heterocycles. The second kappa shape index (κ2) is 13.1. The molecule has 2 aliphatic rings. The molecule has 14 heteroatoms. The zero-order chi connectivity index (χ0) is 31.8. The van der Waals surface area contributed by atoms with E-state index in [4.69, 9.17) is 9.72 Å². The molecule has 0 radical (unpaired) electrons. The van der Waals surface area contributed by atoms with Crippen molar-refractivity contribution in [3.63, 3.8) is 0 Å². The van der Waals surface area contributed by atoms with Gasteiger partial charge in [0.05, 0.1) is 34.5 Å². The molecular weight excluding hydrogens is 665 g/mol. The molecule has 5 aromatic rings. The van der Waals surface area contributed by atoms with E-state index in [0.717, 1.165) is 88.3 Å². The molecule has 3 aromatic heterocycles. The van der Waals surface area contributed by atoms with Gasteiger partial charge in [0.1, 0.15) is 11.6 Å². The summed E-state index contributed by atoms with van der Waals surface area (Å²) in [5, 5.41) is 16.0. The molecule has 2 saturated heterocycles. The van der Waals surface area contributed by atoms with Gasteiger partial charge in [0.15, 0.2) is 0 Å². The van der Waals surface area contributed by atoms with Crippen LogP contribution in [0.1, 0.15) is 0 Å². The highest BCUT2D eigenvalue weighted by Crippen LogP contribution is 2.41. The number of hydrogen-bond acceptors (Lipinski definition) is 11. The molecule has 0 aliphatic carbocycles. The van der Waals surface area contributed by atoms with Crippen molar-refractivity contribution in [2.24, 2.45) is 7.05 Å². The molecule has 5 heterocycles. The standard InChI is InChI=1S/C32H37BrN11OP/c1-42-19-20(15-38-42)22-13-26(28(45-2)14-27(22)44-11-9-43(10-12-44)21-16-34-17-21)40-32-37-18-23(33)31(41-32)39-25-6-5-24-29(30(25)46(3)4)36-8-7-35-24/h5-8,13-15,18-19,21,34H,9-12,16-17H2,1-4H3,(H2,37,39,40,41). The number of piperazine rings is 1. The number of rotatable bonds is 9. The van der Waals surface area contributed by atoms with E-state index in [1.54, 1.807) is 25.7 Å². The quantitative estimate of drug-likeness (QED) is 0.188. The van der Waals surface area contributed by atoms with Gasteiger partial charge in [0, 0.05) is 111 Å². The highest BCUT2D eigenvalue weighted by Gasteiger charge is 2.29. The van der Waals surface area contributed by atoms with Crippen LogP contribution in [0.5, 0.6) is 5.75 Å². The number of halogens is 1. The third-order valence-corrected chi connectivity index (χ3v) is 10.5. The van der Waals surface area contributed by atoms with Gasteiger partial charge in [0.2, 0.25) is 5.95 Å². The molecule has 2 fully saturated rings. The van der Waals surface area contributed by atoms with Crippen LogP contribution in [0, 0.1) is 0 Å². The van der Waals surface area contributed by atoms with Crippen LogP contribution in [-0.2, 0) is 7.05 Å². The molecule has 0 spiro atoms. The average molecular weight is 703 g/mol. The fourth-order valence-corrected chi connectivity index (χ4v) is 7.59. The number of aromatic nitrogens is 6. The normalized spacial score (nSPS) is 15.7. The van der Waals surface area contributed by atoms with Gasteiger partial charge in [-0.3, -0.25) is 19.5 Å². The minimum atomic E-state index is -0.485. The topological polar surface area (TPSA) is 121 Å². The van der Waals surface area contributed by atoms with Gasteiger partial charge in [-0.2, -0.15) is 10.1 Å². The Balaban J connectivity index is 1.20. The first-order valence-corrected chi connectivity index (χ1v) is 18.3. The molecule has 0 atom stereocenters. The van der Waals surface area contributed by atoms with E-state index in [9.17, 15) is 0 Å². The molecule has 12 nitrogen and oxygen atoms in total. The molecule has 3 N–H and O–H groups in total. The van der Waals surface area contributed by atoms with Crippen molar-refractivity contribution in [1.29, 1.82) is 0 Å². The van der Waals surface area contributed by atoms with Crippen molar-refractivity contribution in [3.8, 4) is 16.9 Å². The zero-order valence-electron chi connectivity index (χ0n) is 26.3. The molecule has 2 aromatic carbocycles. The number of fused-ring (bicyclic) bond motifs is 1. The summed E-state index contributed by atoms with van der Waals surface area (Å²) in [7, 11) is 3.15. The van der Waals surface area contributed by atoms with Crippen LogP contribution in [0.25, 0.3) is 22.2 Å². The monoisotopic (exact) mass is 701 g/mol. The Morgan fingerprint density at radius 3 is 2.48 bits per heavy atom. The van der Waals surface area contributed by atoms with E-state index in [0.29, 0.717) is 23.6 Å². The van der Waals surface area contributed by atoms with Crippen LogP contribution in [0.3, 0.4) is 0 Å². The minimum Gasteiger partial charge on any atom is -0.494 e. The number of nitrogens with zero attached hydrogens (tertiary/aromatic N) is 8. The van der Waals surface area contributed by atoms with Crippen LogP contribution in [0.4, 0.5) is 28.8 Å². The molecule has 46 heavy (non-hydrogen) atoms. The summed E-state index contributed by atoms with van der Waals surface area (Å²) >= 11 is 3.65. The first-order valence-electron chi connectivity index (χ1n) is 15.3. The smallest absolute Gasteiger partial charge is 0.229 e. The van der Waals surface area contributed by atoms with Crippen molar-refractivity contribution in [2.45, 2.75) is 6.04 Å². The molecule has 0 saturated carbocycles. The lowest BCUT2D eigenvalue weighted by Gasteiger charge is -2.44. The number of hydrogen-bond donors (Lipinski definition) is 3. The number of benzene rings is 2. The van der Waals surface area contributed by atoms with E-state index >= 15 is 0 Å². The van der Waals surface area contributed by atoms with Crippen LogP contribution >= 0.6 is 23.9 Å². The molecular formula is C32H37BrN11OP. The predicted octanol–water partition coefficient (Wildman–Crippen LogP) is 4.54. The van der Waals surface area contributed by atoms with Crippen LogP contribution in [-0.4, -0.2) is 100 Å². The number of nitrogens with one attached hydrogen (secondary N) is 3. The van der Waals surface area contributed by atoms with Crippen molar-refractivity contribution >= 4 is 69.0 Å². The lowest BCUT2D eigenvalue weighted by molar-refractivity contribution is 0.138. The van der Waals surface area contributed by atoms with E-state index in [2.05, 4.69) is 87.2 Å². The highest BCUT2D eigenvalue weighted by atomic mass is 79.9. The molecule has 238 valence electrons. The molecule has 0 bridgehead atoms. The molecule has 0 unspecified atom stereocenters. The van der Waals surface area contributed by atoms with E-state index in [1.807, 2.05) is 36.3 Å². The largest absolute Gasteiger partial charge is 0.494 e. The van der Waals surface area contributed by atoms with E-state index in [-0.39, 0.29) is 0 Å². The second-order valence-corrected chi connectivity index (χ2v) is 14.8. The minimum absolute atomic E-state index is 0.439. The maximum absolute atomic E-state index is 5.94. The summed E-state index contributed by atoms with van der Waals surface area (Å²) in [5.74, 6) is 1.79. The third kappa shape index (κ3) is 6.12. The van der Waals surface area contributed by atoms with Crippen LogP contribution < -0.4 is 30.9 Å². The molecule has 7 rings (SSSR count). The maximum Gasteiger partial charge on any atom is 0.229 e. The zero-order valence-corrected chi connectivity index (χ0v) is 28.8. The SMILES string of the molecule is COc1cc(N2CCN(C3CNC3)CC2)c(-c2cnn(C)c2)cc1Nc1ncc(Br)c(Nc2ccc3nccnc3c2P(C)C)n1. The van der Waals surface area contributed by atoms with Crippen molar-refractivity contribution in [3.05, 3.63) is 59.7 Å². The fraction of sp³-hybridized carbons (Fsp3) is 0.344. The second-order valence-electron chi connectivity index (χ2n) is 11.7. The van der Waals surface area contributed by atoms with E-state index in [1.165, 1.54) is 0 Å². The Hall–Kier alpha value is -3.90. The Morgan fingerprint density at radius 1 is 0.978 bits per heavy atom. The Labute approximate surface area is 277 Å². The van der Waals surface area contributed by atoms with Crippen molar-refractivity contribution < 1.29 is 4.74 Å². The van der Waals surface area contributed by atoms with Crippen molar-refractivity contribution in [2.75, 3.05) is 75.2 Å². The van der Waals surface area contributed by atoms with Crippen molar-refractivity contribution in [1.82, 2.24) is 39.9 Å².